The molecule has 1 aliphatic heterocycles. The van der Waals surface area contributed by atoms with Gasteiger partial charge >= 0.3 is 5.97 Å². The molecule has 1 fully saturated rings. The predicted octanol–water partition coefficient (Wildman–Crippen LogP) is 2.94. The highest BCUT2D eigenvalue weighted by Gasteiger charge is 2.27. The maximum Gasteiger partial charge on any atom is 0.336 e. The highest BCUT2D eigenvalue weighted by atomic mass is 32.2. The Morgan fingerprint density at radius 1 is 1.13 bits per heavy atom. The van der Waals surface area contributed by atoms with E-state index in [9.17, 15) is 18.3 Å². The van der Waals surface area contributed by atoms with E-state index in [0.717, 1.165) is 5.56 Å². The Bertz CT molecular complexity index is 1270. The molecule has 31 heavy (non-hydrogen) atoms. The number of ether oxygens (including phenoxy) is 2. The van der Waals surface area contributed by atoms with Gasteiger partial charge in [-0.15, -0.1) is 0 Å². The molecule has 4 rings (SSSR count). The van der Waals surface area contributed by atoms with E-state index in [1.807, 2.05) is 19.1 Å². The van der Waals surface area contributed by atoms with E-state index >= 15 is 0 Å². The van der Waals surface area contributed by atoms with Gasteiger partial charge in [-0.1, -0.05) is 11.6 Å². The van der Waals surface area contributed by atoms with Crippen LogP contribution in [0.4, 0.5) is 0 Å². The van der Waals surface area contributed by atoms with Gasteiger partial charge in [0.15, 0.2) is 0 Å². The van der Waals surface area contributed by atoms with E-state index in [0.29, 0.717) is 35.7 Å². The SMILES string of the molecule is COc1ccc(C)cc1-c1cc(C(=O)O)c2cc(S(=O)(=O)N3CCOCC3)ccc2n1. The number of pyridine rings is 1. The lowest BCUT2D eigenvalue weighted by atomic mass is 10.0. The fourth-order valence-electron chi connectivity index (χ4n) is 3.64. The van der Waals surface area contributed by atoms with Crippen LogP contribution < -0.4 is 4.74 Å². The number of sulfonamides is 1. The van der Waals surface area contributed by atoms with Crippen LogP contribution in [0, 0.1) is 6.92 Å². The fraction of sp³-hybridized carbons (Fsp3) is 0.273. The summed E-state index contributed by atoms with van der Waals surface area (Å²) in [6.07, 6.45) is 0. The van der Waals surface area contributed by atoms with Crippen molar-refractivity contribution in [1.82, 2.24) is 9.29 Å². The summed E-state index contributed by atoms with van der Waals surface area (Å²) >= 11 is 0. The topological polar surface area (TPSA) is 106 Å². The third-order valence-electron chi connectivity index (χ3n) is 5.25. The van der Waals surface area contributed by atoms with E-state index in [1.165, 1.54) is 29.6 Å². The first-order chi connectivity index (χ1) is 14.8. The lowest BCUT2D eigenvalue weighted by Crippen LogP contribution is -2.40. The van der Waals surface area contributed by atoms with Crippen LogP contribution in [0.3, 0.4) is 0 Å². The van der Waals surface area contributed by atoms with Crippen LogP contribution in [0.2, 0.25) is 0 Å². The van der Waals surface area contributed by atoms with Gasteiger partial charge in [0.2, 0.25) is 10.0 Å². The van der Waals surface area contributed by atoms with Gasteiger partial charge in [0.1, 0.15) is 5.75 Å². The molecule has 0 bridgehead atoms. The molecule has 0 saturated carbocycles. The Morgan fingerprint density at radius 2 is 1.87 bits per heavy atom. The molecule has 1 N–H and O–H groups in total. The summed E-state index contributed by atoms with van der Waals surface area (Å²) in [5, 5.41) is 10.1. The molecule has 0 radical (unpaired) electrons. The number of fused-ring (bicyclic) bond motifs is 1. The number of carboxylic acid groups (broad SMARTS) is 1. The van der Waals surface area contributed by atoms with Crippen molar-refractivity contribution in [3.8, 4) is 17.0 Å². The summed E-state index contributed by atoms with van der Waals surface area (Å²) in [4.78, 5) is 16.7. The molecule has 3 aromatic rings. The number of carbonyl (C=O) groups is 1. The first-order valence-corrected chi connectivity index (χ1v) is 11.2. The van der Waals surface area contributed by atoms with E-state index in [1.54, 1.807) is 12.1 Å². The van der Waals surface area contributed by atoms with Gasteiger partial charge in [-0.3, -0.25) is 0 Å². The minimum atomic E-state index is -3.76. The van der Waals surface area contributed by atoms with Gasteiger partial charge in [-0.25, -0.2) is 18.2 Å². The zero-order valence-corrected chi connectivity index (χ0v) is 18.0. The molecule has 8 nitrogen and oxygen atoms in total. The van der Waals surface area contributed by atoms with Crippen molar-refractivity contribution in [1.29, 1.82) is 0 Å². The van der Waals surface area contributed by atoms with Crippen LogP contribution in [-0.4, -0.2) is 62.2 Å². The second kappa shape index (κ2) is 8.26. The summed E-state index contributed by atoms with van der Waals surface area (Å²) in [7, 11) is -2.22. The molecule has 0 spiro atoms. The average molecular weight is 442 g/mol. The van der Waals surface area contributed by atoms with Crippen molar-refractivity contribution >= 4 is 26.9 Å². The molecule has 1 saturated heterocycles. The van der Waals surface area contributed by atoms with Crippen molar-refractivity contribution in [2.75, 3.05) is 33.4 Å². The maximum absolute atomic E-state index is 13.0. The standard InChI is InChI=1S/C22H22N2O6S/c1-14-3-6-21(29-2)18(11-14)20-13-17(22(25)26)16-12-15(4-5-19(16)23-20)31(27,28)24-7-9-30-10-8-24/h3-6,11-13H,7-10H2,1-2H3,(H,25,26). The number of aromatic nitrogens is 1. The second-order valence-electron chi connectivity index (χ2n) is 7.26. The molecule has 162 valence electrons. The minimum Gasteiger partial charge on any atom is -0.496 e. The van der Waals surface area contributed by atoms with Crippen LogP contribution in [-0.2, 0) is 14.8 Å². The number of hydrogen-bond donors (Lipinski definition) is 1. The molecule has 0 atom stereocenters. The lowest BCUT2D eigenvalue weighted by molar-refractivity contribution is 0.0699. The van der Waals surface area contributed by atoms with Crippen molar-refractivity contribution in [2.24, 2.45) is 0 Å². The van der Waals surface area contributed by atoms with Crippen molar-refractivity contribution in [3.63, 3.8) is 0 Å². The summed E-state index contributed by atoms with van der Waals surface area (Å²) < 4.78 is 38.0. The number of morpholine rings is 1. The number of nitrogens with zero attached hydrogens (tertiary/aromatic N) is 2. The second-order valence-corrected chi connectivity index (χ2v) is 9.20. The van der Waals surface area contributed by atoms with Gasteiger partial charge in [-0.05, 0) is 43.3 Å². The summed E-state index contributed by atoms with van der Waals surface area (Å²) in [5.74, 6) is -0.596. The number of methoxy groups -OCH3 is 1. The molecular weight excluding hydrogens is 420 g/mol. The van der Waals surface area contributed by atoms with Gasteiger partial charge in [0, 0.05) is 24.0 Å². The zero-order valence-electron chi connectivity index (χ0n) is 17.2. The lowest BCUT2D eigenvalue weighted by Gasteiger charge is -2.26. The van der Waals surface area contributed by atoms with Crippen LogP contribution in [0.15, 0.2) is 47.4 Å². The average Bonchev–Trinajstić information content (AvgIpc) is 2.78. The Kier molecular flexibility index (Phi) is 5.65. The number of carboxylic acids is 1. The predicted molar refractivity (Wildman–Crippen MR) is 115 cm³/mol. The number of aryl methyl sites for hydroxylation is 1. The molecular formula is C22H22N2O6S. The maximum atomic E-state index is 13.0. The smallest absolute Gasteiger partial charge is 0.336 e. The number of hydrogen-bond acceptors (Lipinski definition) is 6. The monoisotopic (exact) mass is 442 g/mol. The Balaban J connectivity index is 1.88. The van der Waals surface area contributed by atoms with E-state index < -0.39 is 16.0 Å². The first-order valence-electron chi connectivity index (χ1n) is 9.72. The highest BCUT2D eigenvalue weighted by molar-refractivity contribution is 7.89. The fourth-order valence-corrected chi connectivity index (χ4v) is 5.07. The van der Waals surface area contributed by atoms with Crippen LogP contribution in [0.5, 0.6) is 5.75 Å². The van der Waals surface area contributed by atoms with Crippen LogP contribution >= 0.6 is 0 Å². The van der Waals surface area contributed by atoms with E-state index in [2.05, 4.69) is 4.98 Å². The quantitative estimate of drug-likeness (QED) is 0.647. The van der Waals surface area contributed by atoms with Crippen LogP contribution in [0.25, 0.3) is 22.2 Å². The van der Waals surface area contributed by atoms with Crippen LogP contribution in [0.1, 0.15) is 15.9 Å². The van der Waals surface area contributed by atoms with E-state index in [4.69, 9.17) is 9.47 Å². The first kappa shape index (κ1) is 21.2. The third-order valence-corrected chi connectivity index (χ3v) is 7.14. The van der Waals surface area contributed by atoms with Gasteiger partial charge in [0.05, 0.1) is 42.0 Å². The Hall–Kier alpha value is -3.01. The zero-order chi connectivity index (χ0) is 22.2. The summed E-state index contributed by atoms with van der Waals surface area (Å²) in [6.45, 7) is 3.10. The molecule has 1 aliphatic rings. The number of aromatic carboxylic acids is 1. The normalized spacial score (nSPS) is 15.2. The van der Waals surface area contributed by atoms with Crippen molar-refractivity contribution in [3.05, 3.63) is 53.6 Å². The number of benzene rings is 2. The summed E-state index contributed by atoms with van der Waals surface area (Å²) in [5.41, 5.74) is 2.44. The minimum absolute atomic E-state index is 0.0254. The molecule has 0 unspecified atom stereocenters. The molecule has 2 aromatic carbocycles. The molecule has 0 amide bonds. The number of rotatable bonds is 5. The Morgan fingerprint density at radius 3 is 2.55 bits per heavy atom. The summed E-state index contributed by atoms with van der Waals surface area (Å²) in [6, 6.07) is 11.4. The molecule has 1 aromatic heterocycles. The van der Waals surface area contributed by atoms with Crippen molar-refractivity contribution < 1.29 is 27.8 Å². The molecule has 9 heteroatoms. The van der Waals surface area contributed by atoms with Crippen molar-refractivity contribution in [2.45, 2.75) is 11.8 Å². The highest BCUT2D eigenvalue weighted by Crippen LogP contribution is 2.33. The van der Waals surface area contributed by atoms with Gasteiger partial charge < -0.3 is 14.6 Å². The van der Waals surface area contributed by atoms with E-state index in [-0.39, 0.29) is 28.9 Å². The van der Waals surface area contributed by atoms with Gasteiger partial charge in [0.25, 0.3) is 0 Å². The Labute approximate surface area is 180 Å². The largest absolute Gasteiger partial charge is 0.496 e. The molecule has 2 heterocycles. The van der Waals surface area contributed by atoms with Gasteiger partial charge in [-0.2, -0.15) is 4.31 Å². The third kappa shape index (κ3) is 3.99. The molecule has 0 aliphatic carbocycles.